The number of halogens is 3. The van der Waals surface area contributed by atoms with E-state index in [1.165, 1.54) is 30.3 Å². The van der Waals surface area contributed by atoms with Crippen LogP contribution in [0.25, 0.3) is 6.08 Å². The zero-order valence-corrected chi connectivity index (χ0v) is 15.5. The molecule has 0 bridgehead atoms. The lowest BCUT2D eigenvalue weighted by molar-refractivity contribution is -0.137. The maximum absolute atomic E-state index is 12.8. The van der Waals surface area contributed by atoms with Crippen LogP contribution in [0.1, 0.15) is 16.7 Å². The summed E-state index contributed by atoms with van der Waals surface area (Å²) < 4.78 is 83.8. The van der Waals surface area contributed by atoms with Gasteiger partial charge in [-0.3, -0.25) is 4.55 Å². The number of nitrogens with zero attached hydrogens (tertiary/aromatic N) is 1. The monoisotopic (exact) mass is 420 g/mol. The van der Waals surface area contributed by atoms with E-state index in [1.54, 1.807) is 6.92 Å². The molecule has 0 saturated carbocycles. The van der Waals surface area contributed by atoms with Gasteiger partial charge in [-0.15, -0.1) is 0 Å². The summed E-state index contributed by atoms with van der Waals surface area (Å²) >= 11 is -2.70. The lowest BCUT2D eigenvalue weighted by atomic mass is 10.1. The van der Waals surface area contributed by atoms with E-state index in [1.807, 2.05) is 0 Å². The molecule has 0 aromatic heterocycles. The Balaban J connectivity index is 2.50. The van der Waals surface area contributed by atoms with Crippen molar-refractivity contribution in [1.82, 2.24) is 0 Å². The van der Waals surface area contributed by atoms with Gasteiger partial charge in [-0.1, -0.05) is 18.2 Å². The summed E-state index contributed by atoms with van der Waals surface area (Å²) in [5.41, 5.74) is -0.424. The second-order valence-corrected chi connectivity index (χ2v) is 7.90. The quantitative estimate of drug-likeness (QED) is 0.725. The van der Waals surface area contributed by atoms with Crippen molar-refractivity contribution >= 4 is 33.1 Å². The maximum atomic E-state index is 12.8. The molecule has 2 aromatic carbocycles. The molecular formula is C16H15F3N2O4S2. The predicted molar refractivity (Wildman–Crippen MR) is 96.3 cm³/mol. The fourth-order valence-corrected chi connectivity index (χ4v) is 3.58. The van der Waals surface area contributed by atoms with Gasteiger partial charge in [0.05, 0.1) is 11.3 Å². The topological polar surface area (TPSA) is 101 Å². The van der Waals surface area contributed by atoms with Gasteiger partial charge in [-0.05, 0) is 48.4 Å². The Kier molecular flexibility index (Phi) is 6.10. The van der Waals surface area contributed by atoms with E-state index in [9.17, 15) is 30.4 Å². The first-order valence-corrected chi connectivity index (χ1v) is 9.90. The molecule has 0 aliphatic heterocycles. The van der Waals surface area contributed by atoms with Crippen LogP contribution in [0.4, 0.5) is 18.9 Å². The van der Waals surface area contributed by atoms with Crippen LogP contribution in [0, 0.1) is 6.92 Å². The lowest BCUT2D eigenvalue weighted by Crippen LogP contribution is -2.23. The first kappa shape index (κ1) is 21.1. The van der Waals surface area contributed by atoms with Crippen LogP contribution in [0.15, 0.2) is 53.6 Å². The third kappa shape index (κ3) is 5.39. The summed E-state index contributed by atoms with van der Waals surface area (Å²) in [5.74, 6) is 0. The van der Waals surface area contributed by atoms with Crippen LogP contribution in [-0.2, 0) is 27.5 Å². The number of anilines is 1. The number of alkyl halides is 3. The normalized spacial score (nSPS) is 13.7. The molecule has 27 heavy (non-hydrogen) atoms. The van der Waals surface area contributed by atoms with E-state index >= 15 is 0 Å². The zero-order chi connectivity index (χ0) is 20.4. The summed E-state index contributed by atoms with van der Waals surface area (Å²) in [4.78, 5) is -0.390. The van der Waals surface area contributed by atoms with Gasteiger partial charge in [0.1, 0.15) is 4.90 Å². The largest absolute Gasteiger partial charge is 0.416 e. The Morgan fingerprint density at radius 1 is 1.19 bits per heavy atom. The molecule has 2 rings (SSSR count). The number of sulfonamides is 1. The van der Waals surface area contributed by atoms with Crippen molar-refractivity contribution in [3.05, 3.63) is 65.4 Å². The van der Waals surface area contributed by atoms with Crippen LogP contribution in [-0.4, -0.2) is 17.2 Å². The summed E-state index contributed by atoms with van der Waals surface area (Å²) in [5, 5.41) is 5.16. The highest BCUT2D eigenvalue weighted by Crippen LogP contribution is 2.30. The minimum Gasteiger partial charge on any atom is -0.289 e. The van der Waals surface area contributed by atoms with Gasteiger partial charge >= 0.3 is 6.18 Å². The van der Waals surface area contributed by atoms with E-state index in [4.69, 9.17) is 5.14 Å². The van der Waals surface area contributed by atoms with Crippen molar-refractivity contribution in [2.45, 2.75) is 18.0 Å². The number of primary sulfonamides is 1. The van der Waals surface area contributed by atoms with Crippen LogP contribution in [0.5, 0.6) is 0 Å². The van der Waals surface area contributed by atoms with Crippen LogP contribution < -0.4 is 9.44 Å². The van der Waals surface area contributed by atoms with Gasteiger partial charge in [0.15, 0.2) is 0 Å². The van der Waals surface area contributed by atoms with Gasteiger partial charge in [0.25, 0.3) is 11.3 Å². The number of hydrogen-bond acceptors (Lipinski definition) is 3. The Morgan fingerprint density at radius 3 is 2.41 bits per heavy atom. The van der Waals surface area contributed by atoms with Crippen molar-refractivity contribution in [2.24, 2.45) is 5.14 Å². The standard InChI is InChI=1S/C16H15F3N2O4S2/c1-11-5-6-14(15(9-11)27(20,24)25)21(26(22)23)8-7-12-3-2-4-13(10-12)16(17,18)19/h2-10H,1H3,(H,22,23)(H2,20,24,25). The molecule has 6 nitrogen and oxygen atoms in total. The summed E-state index contributed by atoms with van der Waals surface area (Å²) in [7, 11) is -4.21. The average molecular weight is 420 g/mol. The minimum atomic E-state index is -4.54. The minimum absolute atomic E-state index is 0.101. The Hall–Kier alpha value is -2.21. The lowest BCUT2D eigenvalue weighted by Gasteiger charge is -2.18. The first-order chi connectivity index (χ1) is 12.4. The Labute approximate surface area is 156 Å². The van der Waals surface area contributed by atoms with Gasteiger partial charge in [0.2, 0.25) is 10.0 Å². The molecule has 0 radical (unpaired) electrons. The van der Waals surface area contributed by atoms with E-state index in [2.05, 4.69) is 0 Å². The van der Waals surface area contributed by atoms with Crippen molar-refractivity contribution in [3.63, 3.8) is 0 Å². The third-order valence-electron chi connectivity index (χ3n) is 3.44. The summed E-state index contributed by atoms with van der Waals surface area (Å²) in [6, 6.07) is 8.29. The zero-order valence-electron chi connectivity index (χ0n) is 13.8. The number of hydrogen-bond donors (Lipinski definition) is 2. The molecule has 0 amide bonds. The van der Waals surface area contributed by atoms with Crippen molar-refractivity contribution in [3.8, 4) is 0 Å². The predicted octanol–water partition coefficient (Wildman–Crippen LogP) is 3.28. The first-order valence-electron chi connectivity index (χ1n) is 7.29. The van der Waals surface area contributed by atoms with E-state index in [0.717, 1.165) is 24.4 Å². The highest BCUT2D eigenvalue weighted by molar-refractivity contribution is 7.89. The van der Waals surface area contributed by atoms with Crippen molar-refractivity contribution in [1.29, 1.82) is 0 Å². The molecule has 0 heterocycles. The van der Waals surface area contributed by atoms with E-state index in [-0.39, 0.29) is 11.3 Å². The third-order valence-corrected chi connectivity index (χ3v) is 5.04. The van der Waals surface area contributed by atoms with Crippen molar-refractivity contribution < 1.29 is 30.4 Å². The fourth-order valence-electron chi connectivity index (χ4n) is 2.22. The van der Waals surface area contributed by atoms with Crippen LogP contribution in [0.2, 0.25) is 0 Å². The molecule has 0 aliphatic carbocycles. The smallest absolute Gasteiger partial charge is 0.289 e. The SMILES string of the molecule is Cc1ccc(N(C=Cc2cccc(C(F)(F)F)c2)S(=O)O)c(S(N)(=O)=O)c1. The molecule has 2 aromatic rings. The second kappa shape index (κ2) is 7.80. The second-order valence-electron chi connectivity index (χ2n) is 5.51. The number of benzene rings is 2. The molecule has 146 valence electrons. The van der Waals surface area contributed by atoms with E-state index < -0.39 is 37.9 Å². The van der Waals surface area contributed by atoms with Crippen molar-refractivity contribution in [2.75, 3.05) is 4.31 Å². The highest BCUT2D eigenvalue weighted by atomic mass is 32.2. The molecule has 0 fully saturated rings. The van der Waals surface area contributed by atoms with Gasteiger partial charge < -0.3 is 0 Å². The van der Waals surface area contributed by atoms with Gasteiger partial charge in [-0.2, -0.15) is 13.2 Å². The molecule has 0 aliphatic rings. The van der Waals surface area contributed by atoms with Gasteiger partial charge in [-0.25, -0.2) is 22.1 Å². The maximum Gasteiger partial charge on any atom is 0.416 e. The molecule has 3 N–H and O–H groups in total. The highest BCUT2D eigenvalue weighted by Gasteiger charge is 2.30. The van der Waals surface area contributed by atoms with Gasteiger partial charge in [0, 0.05) is 6.20 Å². The summed E-state index contributed by atoms with van der Waals surface area (Å²) in [6.45, 7) is 1.61. The molecule has 0 saturated heterocycles. The number of aryl methyl sites for hydroxylation is 1. The van der Waals surface area contributed by atoms with Crippen LogP contribution in [0.3, 0.4) is 0 Å². The Bertz CT molecular complexity index is 1000. The molecule has 1 atom stereocenters. The molecular weight excluding hydrogens is 405 g/mol. The van der Waals surface area contributed by atoms with Crippen LogP contribution >= 0.6 is 0 Å². The molecule has 1 unspecified atom stereocenters. The van der Waals surface area contributed by atoms with E-state index in [0.29, 0.717) is 9.87 Å². The average Bonchev–Trinajstić information content (AvgIpc) is 2.54. The molecule has 11 heteroatoms. The number of rotatable bonds is 5. The fraction of sp³-hybridized carbons (Fsp3) is 0.125. The number of nitrogens with two attached hydrogens (primary N) is 1. The summed E-state index contributed by atoms with van der Waals surface area (Å²) in [6.07, 6.45) is -2.39. The molecule has 0 spiro atoms. The Morgan fingerprint density at radius 2 is 1.85 bits per heavy atom.